The van der Waals surface area contributed by atoms with Gasteiger partial charge in [-0.1, -0.05) is 206 Å². The third kappa shape index (κ3) is 5.60. The van der Waals surface area contributed by atoms with Crippen LogP contribution >= 0.6 is 14.3 Å². The minimum atomic E-state index is -3.20. The van der Waals surface area contributed by atoms with Crippen LogP contribution < -0.4 is 31.8 Å². The molecule has 2 heterocycles. The van der Waals surface area contributed by atoms with Crippen molar-refractivity contribution in [1.29, 1.82) is 0 Å². The van der Waals surface area contributed by atoms with E-state index < -0.39 is 14.3 Å². The number of furan rings is 2. The molecule has 0 aliphatic rings. The molecule has 0 saturated heterocycles. The summed E-state index contributed by atoms with van der Waals surface area (Å²) in [5.74, 6) is 0. The Morgan fingerprint density at radius 1 is 0.283 bits per heavy atom. The van der Waals surface area contributed by atoms with Gasteiger partial charge < -0.3 is 18.0 Å². The van der Waals surface area contributed by atoms with Crippen molar-refractivity contribution in [2.45, 2.75) is 0 Å². The minimum Gasteiger partial charge on any atom is -0.455 e. The molecule has 11 aromatic rings. The summed E-state index contributed by atoms with van der Waals surface area (Å²) in [5.41, 5.74) is 6.62. The number of rotatable bonds is 8. The van der Waals surface area contributed by atoms with Crippen molar-refractivity contribution in [2.75, 3.05) is 0 Å². The second-order valence-electron chi connectivity index (χ2n) is 15.0. The van der Waals surface area contributed by atoms with Gasteiger partial charge in [0.25, 0.3) is 0 Å². The molecule has 0 bridgehead atoms. The molecule has 60 heavy (non-hydrogen) atoms. The van der Waals surface area contributed by atoms with Crippen molar-refractivity contribution >= 4 is 90.0 Å². The van der Waals surface area contributed by atoms with E-state index in [9.17, 15) is 0 Å². The molecule has 0 atom stereocenters. The lowest BCUT2D eigenvalue weighted by atomic mass is 9.90. The average molecular weight is 811 g/mol. The Morgan fingerprint density at radius 3 is 0.867 bits per heavy atom. The van der Waals surface area contributed by atoms with Gasteiger partial charge in [-0.25, -0.2) is 0 Å². The van der Waals surface area contributed by atoms with Crippen LogP contribution in [0.25, 0.3) is 66.1 Å². The zero-order valence-electron chi connectivity index (χ0n) is 32.3. The Morgan fingerprint density at radius 2 is 0.550 bits per heavy atom. The number of para-hydroxylation sites is 2. The summed E-state index contributed by atoms with van der Waals surface area (Å²) in [5, 5.41) is 8.41. The summed E-state index contributed by atoms with van der Waals surface area (Å²) in [4.78, 5) is 0. The summed E-state index contributed by atoms with van der Waals surface area (Å²) in [7, 11) is -6.40. The van der Waals surface area contributed by atoms with E-state index in [0.29, 0.717) is 0 Å². The molecule has 4 nitrogen and oxygen atoms in total. The van der Waals surface area contributed by atoms with Crippen molar-refractivity contribution in [3.05, 3.63) is 218 Å². The smallest absolute Gasteiger partial charge is 0.171 e. The Kier molecular flexibility index (Phi) is 8.67. The molecule has 9 aromatic carbocycles. The van der Waals surface area contributed by atoms with Crippen LogP contribution in [-0.4, -0.2) is 0 Å². The Bertz CT molecular complexity index is 3130. The molecule has 0 radical (unpaired) electrons. The SMILES string of the molecule is O=P(c1ccccc1)(c1ccccc1)c1ccc(-c2c3oc4ccccc4c3c(-c3ccc(P(=O)(c4ccccc4)c4ccccc4)cc3)c3oc4ccccc4c23)cc1. The van der Waals surface area contributed by atoms with E-state index in [1.54, 1.807) is 0 Å². The molecule has 6 heteroatoms. The second kappa shape index (κ2) is 14.4. The summed E-state index contributed by atoms with van der Waals surface area (Å²) in [6.07, 6.45) is 0. The van der Waals surface area contributed by atoms with Crippen LogP contribution in [0.4, 0.5) is 0 Å². The fourth-order valence-electron chi connectivity index (χ4n) is 8.84. The van der Waals surface area contributed by atoms with Gasteiger partial charge in [-0.05, 0) is 23.3 Å². The molecule has 0 aliphatic carbocycles. The second-order valence-corrected chi connectivity index (χ2v) is 20.5. The molecule has 11 rings (SSSR count). The molecule has 0 N–H and O–H groups in total. The lowest BCUT2D eigenvalue weighted by Crippen LogP contribution is -2.24. The van der Waals surface area contributed by atoms with Crippen LogP contribution in [0, 0.1) is 0 Å². The van der Waals surface area contributed by atoms with E-state index in [4.69, 9.17) is 8.83 Å². The van der Waals surface area contributed by atoms with Crippen LogP contribution in [0.5, 0.6) is 0 Å². The van der Waals surface area contributed by atoms with E-state index in [0.717, 1.165) is 98.0 Å². The molecular weight excluding hydrogens is 775 g/mol. The van der Waals surface area contributed by atoms with Gasteiger partial charge in [-0.2, -0.15) is 0 Å². The fourth-order valence-corrected chi connectivity index (χ4v) is 14.1. The molecule has 0 unspecified atom stereocenters. The summed E-state index contributed by atoms with van der Waals surface area (Å²) < 4.78 is 44.5. The lowest BCUT2D eigenvalue weighted by Gasteiger charge is -2.21. The van der Waals surface area contributed by atoms with Crippen LogP contribution in [0.3, 0.4) is 0 Å². The van der Waals surface area contributed by atoms with Crippen molar-refractivity contribution in [3.63, 3.8) is 0 Å². The maximum Gasteiger partial charge on any atom is 0.171 e. The zero-order valence-corrected chi connectivity index (χ0v) is 34.1. The van der Waals surface area contributed by atoms with Gasteiger partial charge in [0.15, 0.2) is 14.3 Å². The van der Waals surface area contributed by atoms with E-state index in [-0.39, 0.29) is 0 Å². The van der Waals surface area contributed by atoms with Crippen molar-refractivity contribution in [2.24, 2.45) is 0 Å². The van der Waals surface area contributed by atoms with Crippen molar-refractivity contribution in [1.82, 2.24) is 0 Å². The molecular formula is C54H36O4P2. The first-order valence-electron chi connectivity index (χ1n) is 20.0. The number of hydrogen-bond donors (Lipinski definition) is 0. The third-order valence-electron chi connectivity index (χ3n) is 11.7. The predicted octanol–water partition coefficient (Wildman–Crippen LogP) is 12.1. The summed E-state index contributed by atoms with van der Waals surface area (Å²) in [6.45, 7) is 0. The van der Waals surface area contributed by atoms with E-state index >= 15 is 9.13 Å². The normalized spacial score (nSPS) is 12.1. The highest BCUT2D eigenvalue weighted by molar-refractivity contribution is 7.85. The molecule has 0 fully saturated rings. The van der Waals surface area contributed by atoms with Gasteiger partial charge in [-0.3, -0.25) is 0 Å². The van der Waals surface area contributed by atoms with Gasteiger partial charge in [-0.15, -0.1) is 0 Å². The van der Waals surface area contributed by atoms with E-state index in [1.807, 2.05) is 182 Å². The number of benzene rings is 9. The van der Waals surface area contributed by atoms with Gasteiger partial charge in [0, 0.05) is 64.5 Å². The third-order valence-corrected chi connectivity index (χ3v) is 17.8. The molecule has 0 saturated carbocycles. The van der Waals surface area contributed by atoms with E-state index in [2.05, 4.69) is 36.4 Å². The quantitative estimate of drug-likeness (QED) is 0.143. The van der Waals surface area contributed by atoms with Crippen LogP contribution in [0.1, 0.15) is 0 Å². The minimum absolute atomic E-state index is 0.732. The fraction of sp³-hybridized carbons (Fsp3) is 0. The van der Waals surface area contributed by atoms with E-state index in [1.165, 1.54) is 0 Å². The van der Waals surface area contributed by atoms with Gasteiger partial charge >= 0.3 is 0 Å². The summed E-state index contributed by atoms with van der Waals surface area (Å²) in [6, 6.07) is 71.5. The number of fused-ring (bicyclic) bond motifs is 6. The molecule has 0 amide bonds. The first-order valence-corrected chi connectivity index (χ1v) is 23.4. The molecule has 0 spiro atoms. The first-order chi connectivity index (χ1) is 29.5. The monoisotopic (exact) mass is 810 g/mol. The molecule has 2 aromatic heterocycles. The molecule has 286 valence electrons. The first kappa shape index (κ1) is 36.1. The van der Waals surface area contributed by atoms with Crippen molar-refractivity contribution in [3.8, 4) is 22.3 Å². The lowest BCUT2D eigenvalue weighted by molar-refractivity contribution is 0.591. The highest BCUT2D eigenvalue weighted by atomic mass is 31.2. The molecule has 0 aliphatic heterocycles. The average Bonchev–Trinajstić information content (AvgIpc) is 3.90. The van der Waals surface area contributed by atoms with Crippen molar-refractivity contribution < 1.29 is 18.0 Å². The van der Waals surface area contributed by atoms with Crippen LogP contribution in [0.2, 0.25) is 0 Å². The Labute approximate surface area is 347 Å². The standard InChI is InChI=1S/C54H36O4P2/c55-59(39-17-5-1-6-18-39,40-19-7-2-8-20-40)43-33-29-37(30-34-43)49-51-45-25-13-15-27-47(45)58-54(51)50(52-46-26-14-16-28-48(46)57-53(49)52)38-31-35-44(36-32-38)60(56,41-21-9-3-10-22-41)42-23-11-4-12-24-42/h1-36H. The Balaban J connectivity index is 1.15. The summed E-state index contributed by atoms with van der Waals surface area (Å²) >= 11 is 0. The largest absolute Gasteiger partial charge is 0.455 e. The Hall–Kier alpha value is -6.96. The number of hydrogen-bond acceptors (Lipinski definition) is 4. The highest BCUT2D eigenvalue weighted by Gasteiger charge is 2.32. The maximum absolute atomic E-state index is 15.3. The zero-order chi connectivity index (χ0) is 40.3. The van der Waals surface area contributed by atoms with Gasteiger partial charge in [0.1, 0.15) is 22.3 Å². The maximum atomic E-state index is 15.3. The van der Waals surface area contributed by atoms with Gasteiger partial charge in [0.05, 0.1) is 0 Å². The van der Waals surface area contributed by atoms with Crippen LogP contribution in [-0.2, 0) is 9.13 Å². The highest BCUT2D eigenvalue weighted by Crippen LogP contribution is 2.51. The van der Waals surface area contributed by atoms with Crippen LogP contribution in [0.15, 0.2) is 227 Å². The topological polar surface area (TPSA) is 60.4 Å². The van der Waals surface area contributed by atoms with Gasteiger partial charge in [0.2, 0.25) is 0 Å². The predicted molar refractivity (Wildman–Crippen MR) is 251 cm³/mol.